The van der Waals surface area contributed by atoms with Crippen LogP contribution in [0, 0.1) is 0 Å². The van der Waals surface area contributed by atoms with E-state index in [1.54, 1.807) is 31.4 Å². The highest BCUT2D eigenvalue weighted by Gasteiger charge is 2.43. The standard InChI is InChI=1S/C18H15F2NO6/c1-24-9-11-2-4-12(5-3-11)17(23)25-10-16(22)21-13-6-7-14-15(8-13)27-18(19,20)26-14/h2-8H,9-10H2,1H3,(H,21,22). The van der Waals surface area contributed by atoms with E-state index in [2.05, 4.69) is 14.8 Å². The number of methoxy groups -OCH3 is 1. The van der Waals surface area contributed by atoms with Gasteiger partial charge in [-0.15, -0.1) is 8.78 Å². The molecule has 2 aromatic rings. The molecule has 0 saturated heterocycles. The molecule has 0 fully saturated rings. The highest BCUT2D eigenvalue weighted by Crippen LogP contribution is 2.42. The van der Waals surface area contributed by atoms with E-state index in [-0.39, 0.29) is 22.7 Å². The minimum atomic E-state index is -3.74. The Bertz CT molecular complexity index is 853. The second kappa shape index (κ2) is 7.58. The monoisotopic (exact) mass is 379 g/mol. The average molecular weight is 379 g/mol. The van der Waals surface area contributed by atoms with E-state index in [9.17, 15) is 18.4 Å². The lowest BCUT2D eigenvalue weighted by atomic mass is 10.1. The summed E-state index contributed by atoms with van der Waals surface area (Å²) < 4.78 is 44.4. The van der Waals surface area contributed by atoms with Crippen LogP contribution in [0.25, 0.3) is 0 Å². The predicted octanol–water partition coefficient (Wildman–Crippen LogP) is 2.95. The lowest BCUT2D eigenvalue weighted by Gasteiger charge is -2.08. The Morgan fingerprint density at radius 1 is 1.07 bits per heavy atom. The van der Waals surface area contributed by atoms with Gasteiger partial charge in [0.25, 0.3) is 5.91 Å². The Kier molecular flexibility index (Phi) is 5.22. The summed E-state index contributed by atoms with van der Waals surface area (Å²) in [4.78, 5) is 23.8. The van der Waals surface area contributed by atoms with Crippen molar-refractivity contribution in [3.63, 3.8) is 0 Å². The van der Waals surface area contributed by atoms with Crippen LogP contribution in [0.2, 0.25) is 0 Å². The van der Waals surface area contributed by atoms with Gasteiger partial charge in [-0.05, 0) is 29.8 Å². The Morgan fingerprint density at radius 2 is 1.78 bits per heavy atom. The summed E-state index contributed by atoms with van der Waals surface area (Å²) in [5.74, 6) is -1.64. The van der Waals surface area contributed by atoms with E-state index in [1.165, 1.54) is 18.2 Å². The van der Waals surface area contributed by atoms with Crippen molar-refractivity contribution in [2.75, 3.05) is 19.0 Å². The fourth-order valence-corrected chi connectivity index (χ4v) is 2.34. The van der Waals surface area contributed by atoms with Crippen LogP contribution in [0.5, 0.6) is 11.5 Å². The van der Waals surface area contributed by atoms with Crippen molar-refractivity contribution >= 4 is 17.6 Å². The summed E-state index contributed by atoms with van der Waals surface area (Å²) in [5.41, 5.74) is 1.37. The van der Waals surface area contributed by atoms with Crippen LogP contribution in [0.4, 0.5) is 14.5 Å². The summed E-state index contributed by atoms with van der Waals surface area (Å²) in [5, 5.41) is 2.42. The van der Waals surface area contributed by atoms with Crippen LogP contribution >= 0.6 is 0 Å². The predicted molar refractivity (Wildman–Crippen MR) is 88.7 cm³/mol. The van der Waals surface area contributed by atoms with Gasteiger partial charge in [0.2, 0.25) is 0 Å². The molecular formula is C18H15F2NO6. The SMILES string of the molecule is COCc1ccc(C(=O)OCC(=O)Nc2ccc3c(c2)OC(F)(F)O3)cc1. The first-order valence-corrected chi connectivity index (χ1v) is 7.81. The van der Waals surface area contributed by atoms with Crippen LogP contribution in [0.15, 0.2) is 42.5 Å². The van der Waals surface area contributed by atoms with Crippen LogP contribution in [0.3, 0.4) is 0 Å². The molecule has 0 bridgehead atoms. The van der Waals surface area contributed by atoms with Crippen molar-refractivity contribution < 1.29 is 37.3 Å². The molecule has 1 amide bonds. The minimum absolute atomic E-state index is 0.138. The maximum atomic E-state index is 13.0. The lowest BCUT2D eigenvalue weighted by Crippen LogP contribution is -2.25. The zero-order chi connectivity index (χ0) is 19.4. The molecule has 0 atom stereocenters. The summed E-state index contributed by atoms with van der Waals surface area (Å²) in [6, 6.07) is 10.3. The molecule has 0 radical (unpaired) electrons. The summed E-state index contributed by atoms with van der Waals surface area (Å²) in [7, 11) is 1.56. The minimum Gasteiger partial charge on any atom is -0.452 e. The number of halogens is 2. The topological polar surface area (TPSA) is 83.1 Å². The van der Waals surface area contributed by atoms with Gasteiger partial charge >= 0.3 is 12.3 Å². The maximum absolute atomic E-state index is 13.0. The fourth-order valence-electron chi connectivity index (χ4n) is 2.34. The molecule has 0 unspecified atom stereocenters. The van der Waals surface area contributed by atoms with Gasteiger partial charge in [0.15, 0.2) is 18.1 Å². The Labute approximate surface area is 152 Å². The molecule has 142 valence electrons. The van der Waals surface area contributed by atoms with Crippen LogP contribution in [0.1, 0.15) is 15.9 Å². The van der Waals surface area contributed by atoms with Gasteiger partial charge in [-0.3, -0.25) is 4.79 Å². The number of esters is 1. The van der Waals surface area contributed by atoms with Crippen LogP contribution in [-0.2, 0) is 20.9 Å². The van der Waals surface area contributed by atoms with E-state index < -0.39 is 24.8 Å². The number of benzene rings is 2. The first-order chi connectivity index (χ1) is 12.9. The van der Waals surface area contributed by atoms with Gasteiger partial charge in [0.05, 0.1) is 12.2 Å². The molecule has 2 aromatic carbocycles. The Balaban J connectivity index is 1.52. The highest BCUT2D eigenvalue weighted by atomic mass is 19.3. The van der Waals surface area contributed by atoms with Crippen LogP contribution < -0.4 is 14.8 Å². The second-order valence-electron chi connectivity index (χ2n) is 5.58. The number of nitrogens with one attached hydrogen (secondary N) is 1. The van der Waals surface area contributed by atoms with Crippen molar-refractivity contribution in [1.29, 1.82) is 0 Å². The van der Waals surface area contributed by atoms with E-state index in [0.29, 0.717) is 6.61 Å². The molecule has 1 N–H and O–H groups in total. The van der Waals surface area contributed by atoms with Gasteiger partial charge in [-0.25, -0.2) is 4.79 Å². The van der Waals surface area contributed by atoms with Gasteiger partial charge < -0.3 is 24.3 Å². The van der Waals surface area contributed by atoms with Gasteiger partial charge in [0.1, 0.15) is 0 Å². The molecule has 3 rings (SSSR count). The Hall–Kier alpha value is -3.20. The largest absolute Gasteiger partial charge is 0.586 e. The smallest absolute Gasteiger partial charge is 0.452 e. The van der Waals surface area contributed by atoms with E-state index in [0.717, 1.165) is 5.56 Å². The third-order valence-electron chi connectivity index (χ3n) is 3.52. The second-order valence-corrected chi connectivity index (χ2v) is 5.58. The van der Waals surface area contributed by atoms with Gasteiger partial charge in [-0.2, -0.15) is 0 Å². The molecule has 1 aliphatic heterocycles. The maximum Gasteiger partial charge on any atom is 0.586 e. The molecule has 0 saturated carbocycles. The molecule has 1 heterocycles. The van der Waals surface area contributed by atoms with Crippen LogP contribution in [-0.4, -0.2) is 31.9 Å². The summed E-state index contributed by atoms with van der Waals surface area (Å²) >= 11 is 0. The Morgan fingerprint density at radius 3 is 2.48 bits per heavy atom. The number of hydrogen-bond donors (Lipinski definition) is 1. The molecule has 9 heteroatoms. The summed E-state index contributed by atoms with van der Waals surface area (Å²) in [6.07, 6.45) is -3.74. The molecule has 27 heavy (non-hydrogen) atoms. The number of anilines is 1. The number of amides is 1. The number of rotatable bonds is 6. The first-order valence-electron chi connectivity index (χ1n) is 7.81. The number of ether oxygens (including phenoxy) is 4. The molecule has 7 nitrogen and oxygen atoms in total. The van der Waals surface area contributed by atoms with E-state index in [1.807, 2.05) is 0 Å². The number of carbonyl (C=O) groups is 2. The number of hydrogen-bond acceptors (Lipinski definition) is 6. The summed E-state index contributed by atoms with van der Waals surface area (Å²) in [6.45, 7) is -0.123. The first kappa shape index (κ1) is 18.6. The van der Waals surface area contributed by atoms with Crippen molar-refractivity contribution in [1.82, 2.24) is 0 Å². The third kappa shape index (κ3) is 4.70. The van der Waals surface area contributed by atoms with Crippen molar-refractivity contribution in [3.05, 3.63) is 53.6 Å². The number of carbonyl (C=O) groups excluding carboxylic acids is 2. The highest BCUT2D eigenvalue weighted by molar-refractivity contribution is 5.95. The molecule has 1 aliphatic rings. The van der Waals surface area contributed by atoms with Crippen molar-refractivity contribution in [3.8, 4) is 11.5 Å². The molecule has 0 spiro atoms. The lowest BCUT2D eigenvalue weighted by molar-refractivity contribution is -0.286. The van der Waals surface area contributed by atoms with Gasteiger partial charge in [0, 0.05) is 18.9 Å². The molecular weight excluding hydrogens is 364 g/mol. The molecule has 0 aliphatic carbocycles. The normalized spacial score (nSPS) is 13.9. The van der Waals surface area contributed by atoms with E-state index in [4.69, 9.17) is 9.47 Å². The zero-order valence-electron chi connectivity index (χ0n) is 14.2. The average Bonchev–Trinajstić information content (AvgIpc) is 2.93. The fraction of sp³-hybridized carbons (Fsp3) is 0.222. The quantitative estimate of drug-likeness (QED) is 0.777. The van der Waals surface area contributed by atoms with E-state index >= 15 is 0 Å². The number of fused-ring (bicyclic) bond motifs is 1. The van der Waals surface area contributed by atoms with Crippen molar-refractivity contribution in [2.45, 2.75) is 12.9 Å². The molecule has 0 aromatic heterocycles. The number of alkyl halides is 2. The van der Waals surface area contributed by atoms with Gasteiger partial charge in [-0.1, -0.05) is 12.1 Å². The van der Waals surface area contributed by atoms with Crippen molar-refractivity contribution in [2.24, 2.45) is 0 Å². The zero-order valence-corrected chi connectivity index (χ0v) is 14.2. The third-order valence-corrected chi connectivity index (χ3v) is 3.52.